The van der Waals surface area contributed by atoms with Gasteiger partial charge in [0.15, 0.2) is 6.61 Å². The minimum absolute atomic E-state index is 0.228. The van der Waals surface area contributed by atoms with Gasteiger partial charge in [0.1, 0.15) is 11.3 Å². The number of carbonyl (C=O) groups is 1. The van der Waals surface area contributed by atoms with Gasteiger partial charge in [-0.25, -0.2) is 0 Å². The number of nitrogens with one attached hydrogen (secondary N) is 1. The first-order valence-electron chi connectivity index (χ1n) is 7.34. The van der Waals surface area contributed by atoms with E-state index in [0.29, 0.717) is 12.1 Å². The summed E-state index contributed by atoms with van der Waals surface area (Å²) < 4.78 is 82.4. The molecule has 0 heterocycles. The van der Waals surface area contributed by atoms with Crippen LogP contribution < -0.4 is 10.1 Å². The Bertz CT molecular complexity index is 895. The van der Waals surface area contributed by atoms with E-state index in [4.69, 9.17) is 4.74 Å². The van der Waals surface area contributed by atoms with E-state index >= 15 is 0 Å². The molecule has 1 amide bonds. The summed E-state index contributed by atoms with van der Waals surface area (Å²) >= 11 is 0. The quantitative estimate of drug-likeness (QED) is 0.444. The van der Waals surface area contributed by atoms with Crippen LogP contribution in [-0.4, -0.2) is 17.4 Å². The summed E-state index contributed by atoms with van der Waals surface area (Å²) in [6, 6.07) is 5.62. The minimum Gasteiger partial charge on any atom is -0.483 e. The van der Waals surface area contributed by atoms with Crippen LogP contribution in [0.15, 0.2) is 42.5 Å². The number of carbonyl (C=O) groups excluding carboxylic acids is 1. The second-order valence-electron chi connectivity index (χ2n) is 5.32. The molecule has 2 aromatic carbocycles. The Balaban J connectivity index is 2.17. The van der Waals surface area contributed by atoms with Crippen molar-refractivity contribution >= 4 is 17.3 Å². The summed E-state index contributed by atoms with van der Waals surface area (Å²) in [5.41, 5.74) is -4.08. The summed E-state index contributed by atoms with van der Waals surface area (Å²) in [6.07, 6.45) is -9.77. The molecule has 0 bridgehead atoms. The molecule has 28 heavy (non-hydrogen) atoms. The Morgan fingerprint density at radius 3 is 2.18 bits per heavy atom. The number of nitro benzene ring substituents is 1. The van der Waals surface area contributed by atoms with Gasteiger partial charge in [0.2, 0.25) is 0 Å². The number of anilines is 1. The van der Waals surface area contributed by atoms with Gasteiger partial charge >= 0.3 is 12.4 Å². The average molecular weight is 408 g/mol. The lowest BCUT2D eigenvalue weighted by Crippen LogP contribution is -2.23. The first kappa shape index (κ1) is 21.0. The van der Waals surface area contributed by atoms with Crippen molar-refractivity contribution in [2.24, 2.45) is 0 Å². The molecule has 0 saturated carbocycles. The Kier molecular flexibility index (Phi) is 5.81. The molecule has 0 aliphatic carbocycles. The maximum Gasteiger partial charge on any atom is 0.420 e. The molecule has 0 aromatic heterocycles. The van der Waals surface area contributed by atoms with Crippen LogP contribution in [0.1, 0.15) is 11.1 Å². The summed E-state index contributed by atoms with van der Waals surface area (Å²) in [4.78, 5) is 21.4. The molecular formula is C16H10F6N2O4. The molecule has 1 N–H and O–H groups in total. The van der Waals surface area contributed by atoms with Gasteiger partial charge in [-0.2, -0.15) is 26.3 Å². The fraction of sp³-hybridized carbons (Fsp3) is 0.188. The van der Waals surface area contributed by atoms with Crippen molar-refractivity contribution in [1.82, 2.24) is 0 Å². The second-order valence-corrected chi connectivity index (χ2v) is 5.32. The highest BCUT2D eigenvalue weighted by Gasteiger charge is 2.36. The molecular weight excluding hydrogens is 398 g/mol. The Morgan fingerprint density at radius 1 is 1.00 bits per heavy atom. The Morgan fingerprint density at radius 2 is 1.61 bits per heavy atom. The van der Waals surface area contributed by atoms with Crippen molar-refractivity contribution in [3.63, 3.8) is 0 Å². The fourth-order valence-corrected chi connectivity index (χ4v) is 2.15. The number of alkyl halides is 6. The molecule has 0 spiro atoms. The van der Waals surface area contributed by atoms with Gasteiger partial charge in [0, 0.05) is 12.1 Å². The van der Waals surface area contributed by atoms with Crippen LogP contribution in [0.25, 0.3) is 0 Å². The number of para-hydroxylation sites is 1. The third-order valence-electron chi connectivity index (χ3n) is 3.34. The highest BCUT2D eigenvalue weighted by atomic mass is 19.4. The third kappa shape index (κ3) is 5.11. The first-order valence-corrected chi connectivity index (χ1v) is 7.34. The zero-order valence-electron chi connectivity index (χ0n) is 13.6. The Labute approximate surface area is 152 Å². The van der Waals surface area contributed by atoms with Crippen molar-refractivity contribution in [2.75, 3.05) is 11.9 Å². The standard InChI is InChI=1S/C16H10F6N2O4/c17-15(18,19)10-3-1-2-4-12(10)23-14(25)8-28-13-6-5-9(24(26)27)7-11(13)16(20,21)22/h1-7H,8H2,(H,23,25). The lowest BCUT2D eigenvalue weighted by molar-refractivity contribution is -0.385. The number of halogens is 6. The predicted octanol–water partition coefficient (Wildman–Crippen LogP) is 4.65. The van der Waals surface area contributed by atoms with E-state index in [1.165, 1.54) is 6.07 Å². The van der Waals surface area contributed by atoms with E-state index in [-0.39, 0.29) is 6.07 Å². The summed E-state index contributed by atoms with van der Waals surface area (Å²) in [6.45, 7) is -1.05. The summed E-state index contributed by atoms with van der Waals surface area (Å²) in [5.74, 6) is -2.03. The molecule has 0 unspecified atom stereocenters. The van der Waals surface area contributed by atoms with E-state index < -0.39 is 58.0 Å². The van der Waals surface area contributed by atoms with Crippen LogP contribution in [0.4, 0.5) is 37.7 Å². The van der Waals surface area contributed by atoms with Gasteiger partial charge < -0.3 is 10.1 Å². The fourth-order valence-electron chi connectivity index (χ4n) is 2.15. The van der Waals surface area contributed by atoms with Crippen LogP contribution >= 0.6 is 0 Å². The summed E-state index contributed by atoms with van der Waals surface area (Å²) in [5, 5.41) is 12.5. The van der Waals surface area contributed by atoms with Crippen LogP contribution in [0.3, 0.4) is 0 Å². The number of nitro groups is 1. The highest BCUT2D eigenvalue weighted by Crippen LogP contribution is 2.38. The molecule has 0 fully saturated rings. The van der Waals surface area contributed by atoms with Gasteiger partial charge in [-0.3, -0.25) is 14.9 Å². The van der Waals surface area contributed by atoms with E-state index in [1.54, 1.807) is 0 Å². The average Bonchev–Trinajstić information content (AvgIpc) is 2.58. The monoisotopic (exact) mass is 408 g/mol. The number of hydrogen-bond donors (Lipinski definition) is 1. The number of amides is 1. The topological polar surface area (TPSA) is 81.5 Å². The van der Waals surface area contributed by atoms with E-state index in [0.717, 1.165) is 18.2 Å². The lowest BCUT2D eigenvalue weighted by atomic mass is 10.1. The number of nitrogens with zero attached hydrogens (tertiary/aromatic N) is 1. The molecule has 2 rings (SSSR count). The number of ether oxygens (including phenoxy) is 1. The van der Waals surface area contributed by atoms with Gasteiger partial charge in [0.25, 0.3) is 11.6 Å². The van der Waals surface area contributed by atoms with Crippen LogP contribution in [0.5, 0.6) is 5.75 Å². The van der Waals surface area contributed by atoms with E-state index in [2.05, 4.69) is 0 Å². The van der Waals surface area contributed by atoms with Crippen LogP contribution in [0, 0.1) is 10.1 Å². The van der Waals surface area contributed by atoms with E-state index in [9.17, 15) is 41.3 Å². The maximum absolute atomic E-state index is 13.0. The molecule has 6 nitrogen and oxygen atoms in total. The smallest absolute Gasteiger partial charge is 0.420 e. The number of rotatable bonds is 5. The van der Waals surface area contributed by atoms with Crippen molar-refractivity contribution < 1.29 is 40.8 Å². The highest BCUT2D eigenvalue weighted by molar-refractivity contribution is 5.92. The number of non-ortho nitro benzene ring substituents is 1. The lowest BCUT2D eigenvalue weighted by Gasteiger charge is -2.15. The van der Waals surface area contributed by atoms with Crippen molar-refractivity contribution in [3.8, 4) is 5.75 Å². The normalized spacial score (nSPS) is 11.8. The molecule has 2 aromatic rings. The van der Waals surface area contributed by atoms with Crippen molar-refractivity contribution in [1.29, 1.82) is 0 Å². The minimum atomic E-state index is -5.01. The number of benzene rings is 2. The maximum atomic E-state index is 13.0. The van der Waals surface area contributed by atoms with Crippen LogP contribution in [-0.2, 0) is 17.1 Å². The zero-order chi connectivity index (χ0) is 21.1. The molecule has 0 radical (unpaired) electrons. The molecule has 0 aliphatic rings. The number of hydrogen-bond acceptors (Lipinski definition) is 4. The van der Waals surface area contributed by atoms with Crippen molar-refractivity contribution in [3.05, 3.63) is 63.7 Å². The predicted molar refractivity (Wildman–Crippen MR) is 83.7 cm³/mol. The zero-order valence-corrected chi connectivity index (χ0v) is 13.6. The molecule has 150 valence electrons. The van der Waals surface area contributed by atoms with E-state index in [1.807, 2.05) is 5.32 Å². The second kappa shape index (κ2) is 7.74. The molecule has 0 atom stereocenters. The molecule has 12 heteroatoms. The Hall–Kier alpha value is -3.31. The third-order valence-corrected chi connectivity index (χ3v) is 3.34. The van der Waals surface area contributed by atoms with Gasteiger partial charge in [-0.05, 0) is 18.2 Å². The largest absolute Gasteiger partial charge is 0.483 e. The van der Waals surface area contributed by atoms with Gasteiger partial charge in [-0.1, -0.05) is 12.1 Å². The first-order chi connectivity index (χ1) is 12.9. The van der Waals surface area contributed by atoms with Crippen LogP contribution in [0.2, 0.25) is 0 Å². The van der Waals surface area contributed by atoms with Gasteiger partial charge in [-0.15, -0.1) is 0 Å². The molecule has 0 saturated heterocycles. The SMILES string of the molecule is O=C(COc1ccc([N+](=O)[O-])cc1C(F)(F)F)Nc1ccccc1C(F)(F)F. The summed E-state index contributed by atoms with van der Waals surface area (Å²) in [7, 11) is 0. The van der Waals surface area contributed by atoms with Crippen molar-refractivity contribution in [2.45, 2.75) is 12.4 Å². The van der Waals surface area contributed by atoms with Gasteiger partial charge in [0.05, 0.1) is 16.2 Å². The molecule has 0 aliphatic heterocycles.